The third kappa shape index (κ3) is 2.87. The minimum atomic E-state index is -3.29. The van der Waals surface area contributed by atoms with Gasteiger partial charge >= 0.3 is 13.4 Å². The van der Waals surface area contributed by atoms with Gasteiger partial charge in [0.1, 0.15) is 0 Å². The third-order valence-corrected chi connectivity index (χ3v) is 4.75. The largest absolute Gasteiger partial charge is 0.414 e. The zero-order valence-corrected chi connectivity index (χ0v) is 11.6. The Hall–Kier alpha value is -1.43. The van der Waals surface area contributed by atoms with Gasteiger partial charge in [0, 0.05) is 6.07 Å². The maximum Gasteiger partial charge on any atom is 0.394 e. The number of para-hydroxylation sites is 2. The van der Waals surface area contributed by atoms with Crippen LogP contribution in [-0.4, -0.2) is 42.5 Å². The lowest BCUT2D eigenvalue weighted by atomic mass is 10.3. The zero-order chi connectivity index (χ0) is 13.9. The lowest BCUT2D eigenvalue weighted by Crippen LogP contribution is -2.24. The Labute approximate surface area is 106 Å². The molecule has 100 valence electrons. The molecule has 1 aromatic rings. The highest BCUT2D eigenvalue weighted by Gasteiger charge is 2.33. The van der Waals surface area contributed by atoms with Crippen molar-refractivity contribution >= 4 is 13.4 Å². The highest BCUT2D eigenvalue weighted by atomic mass is 31.2. The van der Waals surface area contributed by atoms with Crippen molar-refractivity contribution < 1.29 is 14.0 Å². The average molecular weight is 273 g/mol. The van der Waals surface area contributed by atoms with Crippen molar-refractivity contribution in [2.75, 3.05) is 28.2 Å². The summed E-state index contributed by atoms with van der Waals surface area (Å²) in [4.78, 5) is 10.3. The van der Waals surface area contributed by atoms with Crippen molar-refractivity contribution in [3.05, 3.63) is 34.4 Å². The van der Waals surface area contributed by atoms with Crippen molar-refractivity contribution in [1.82, 2.24) is 9.34 Å². The summed E-state index contributed by atoms with van der Waals surface area (Å²) >= 11 is 0. The van der Waals surface area contributed by atoms with E-state index in [9.17, 15) is 14.7 Å². The highest BCUT2D eigenvalue weighted by Crippen LogP contribution is 2.51. The molecule has 0 saturated carbocycles. The average Bonchev–Trinajstić information content (AvgIpc) is 2.28. The normalized spacial score (nSPS) is 11.9. The molecular weight excluding hydrogens is 257 g/mol. The van der Waals surface area contributed by atoms with Gasteiger partial charge in [0.2, 0.25) is 5.75 Å². The van der Waals surface area contributed by atoms with E-state index in [-0.39, 0.29) is 11.4 Å². The fourth-order valence-corrected chi connectivity index (χ4v) is 2.79. The molecule has 0 saturated heterocycles. The van der Waals surface area contributed by atoms with Gasteiger partial charge in [-0.25, -0.2) is 13.9 Å². The van der Waals surface area contributed by atoms with Crippen LogP contribution in [0.2, 0.25) is 0 Å². The van der Waals surface area contributed by atoms with Crippen molar-refractivity contribution in [2.45, 2.75) is 0 Å². The SMILES string of the molecule is CN(C)P(=O)(Oc1ccccc1[N+](=O)[O-])N(C)C. The Morgan fingerprint density at radius 1 is 1.17 bits per heavy atom. The Morgan fingerprint density at radius 2 is 1.67 bits per heavy atom. The van der Waals surface area contributed by atoms with Gasteiger partial charge in [0.15, 0.2) is 0 Å². The van der Waals surface area contributed by atoms with Crippen molar-refractivity contribution in [1.29, 1.82) is 0 Å². The fraction of sp³-hybridized carbons (Fsp3) is 0.400. The van der Waals surface area contributed by atoms with Gasteiger partial charge < -0.3 is 4.52 Å². The number of nitrogens with zero attached hydrogens (tertiary/aromatic N) is 3. The van der Waals surface area contributed by atoms with E-state index in [0.29, 0.717) is 0 Å². The van der Waals surface area contributed by atoms with E-state index < -0.39 is 12.6 Å². The van der Waals surface area contributed by atoms with Crippen LogP contribution >= 0.6 is 7.67 Å². The molecule has 0 N–H and O–H groups in total. The van der Waals surface area contributed by atoms with E-state index in [0.717, 1.165) is 0 Å². The van der Waals surface area contributed by atoms with Gasteiger partial charge in [-0.2, -0.15) is 0 Å². The number of benzene rings is 1. The first-order chi connectivity index (χ1) is 8.29. The summed E-state index contributed by atoms with van der Waals surface area (Å²) in [5.41, 5.74) is -0.207. The first-order valence-electron chi connectivity index (χ1n) is 5.17. The molecule has 0 heterocycles. The molecule has 0 atom stereocenters. The van der Waals surface area contributed by atoms with Gasteiger partial charge in [-0.1, -0.05) is 12.1 Å². The molecular formula is C10H16N3O4P. The summed E-state index contributed by atoms with van der Waals surface area (Å²) in [5.74, 6) is -0.00627. The van der Waals surface area contributed by atoms with E-state index >= 15 is 0 Å². The van der Waals surface area contributed by atoms with E-state index in [2.05, 4.69) is 0 Å². The molecule has 0 radical (unpaired) electrons. The summed E-state index contributed by atoms with van der Waals surface area (Å²) < 4.78 is 20.8. The standard InChI is InChI=1S/C10H16N3O4P/c1-11(2)18(16,12(3)4)17-10-8-6-5-7-9(10)13(14)15/h5-8H,1-4H3. The van der Waals surface area contributed by atoms with E-state index in [1.807, 2.05) is 0 Å². The summed E-state index contributed by atoms with van der Waals surface area (Å²) in [6.45, 7) is 0. The molecule has 0 amide bonds. The molecule has 18 heavy (non-hydrogen) atoms. The fourth-order valence-electron chi connectivity index (χ4n) is 1.33. The lowest BCUT2D eigenvalue weighted by molar-refractivity contribution is -0.385. The number of hydrogen-bond donors (Lipinski definition) is 0. The molecule has 7 nitrogen and oxygen atoms in total. The molecule has 0 aliphatic carbocycles. The van der Waals surface area contributed by atoms with Crippen LogP contribution < -0.4 is 4.52 Å². The quantitative estimate of drug-likeness (QED) is 0.465. The smallest absolute Gasteiger partial charge is 0.394 e. The highest BCUT2D eigenvalue weighted by molar-refractivity contribution is 7.54. The molecule has 1 rings (SSSR count). The zero-order valence-electron chi connectivity index (χ0n) is 10.7. The molecule has 0 bridgehead atoms. The van der Waals surface area contributed by atoms with Gasteiger partial charge in [0.05, 0.1) is 4.92 Å². The molecule has 8 heteroatoms. The van der Waals surface area contributed by atoms with Crippen molar-refractivity contribution in [2.24, 2.45) is 0 Å². The number of nitro benzene ring substituents is 1. The monoisotopic (exact) mass is 273 g/mol. The Balaban J connectivity index is 3.18. The first-order valence-corrected chi connectivity index (χ1v) is 6.70. The Morgan fingerprint density at radius 3 is 2.11 bits per heavy atom. The summed E-state index contributed by atoms with van der Waals surface area (Å²) in [7, 11) is 3.08. The summed E-state index contributed by atoms with van der Waals surface area (Å²) in [6, 6.07) is 5.86. The summed E-state index contributed by atoms with van der Waals surface area (Å²) in [5, 5.41) is 10.9. The van der Waals surface area contributed by atoms with Crippen LogP contribution in [0.25, 0.3) is 0 Å². The van der Waals surface area contributed by atoms with Gasteiger partial charge in [0.25, 0.3) is 0 Å². The Kier molecular flexibility index (Phi) is 4.45. The van der Waals surface area contributed by atoms with Crippen LogP contribution in [0.15, 0.2) is 24.3 Å². The first kappa shape index (κ1) is 14.6. The van der Waals surface area contributed by atoms with Crippen LogP contribution in [0.3, 0.4) is 0 Å². The molecule has 0 aromatic heterocycles. The number of hydrogen-bond acceptors (Lipinski definition) is 4. The topological polar surface area (TPSA) is 75.9 Å². The molecule has 0 aliphatic heterocycles. The van der Waals surface area contributed by atoms with Gasteiger partial charge in [-0.05, 0) is 34.3 Å². The van der Waals surface area contributed by atoms with Crippen LogP contribution in [0, 0.1) is 10.1 Å². The third-order valence-electron chi connectivity index (χ3n) is 2.29. The van der Waals surface area contributed by atoms with Crippen LogP contribution in [0.1, 0.15) is 0 Å². The summed E-state index contributed by atoms with van der Waals surface area (Å²) in [6.07, 6.45) is 0. The maximum atomic E-state index is 12.6. The van der Waals surface area contributed by atoms with E-state index in [4.69, 9.17) is 4.52 Å². The number of rotatable bonds is 5. The second-order valence-electron chi connectivity index (χ2n) is 4.00. The predicted octanol–water partition coefficient (Wildman–Crippen LogP) is 2.20. The maximum absolute atomic E-state index is 12.6. The van der Waals surface area contributed by atoms with Crippen LogP contribution in [0.5, 0.6) is 5.75 Å². The molecule has 0 aliphatic rings. The van der Waals surface area contributed by atoms with Crippen molar-refractivity contribution in [3.63, 3.8) is 0 Å². The second kappa shape index (κ2) is 5.48. The molecule has 1 aromatic carbocycles. The van der Waals surface area contributed by atoms with Crippen molar-refractivity contribution in [3.8, 4) is 5.75 Å². The number of nitro groups is 1. The van der Waals surface area contributed by atoms with Gasteiger partial charge in [-0.15, -0.1) is 0 Å². The minimum Gasteiger partial charge on any atom is -0.414 e. The lowest BCUT2D eigenvalue weighted by Gasteiger charge is -2.29. The predicted molar refractivity (Wildman–Crippen MR) is 68.7 cm³/mol. The molecule has 0 fully saturated rings. The van der Waals surface area contributed by atoms with E-state index in [1.165, 1.54) is 27.5 Å². The second-order valence-corrected chi connectivity index (χ2v) is 6.76. The Bertz CT molecular complexity index is 478. The van der Waals surface area contributed by atoms with Crippen LogP contribution in [0.4, 0.5) is 5.69 Å². The minimum absolute atomic E-state index is 0.00627. The van der Waals surface area contributed by atoms with E-state index in [1.54, 1.807) is 34.3 Å². The van der Waals surface area contributed by atoms with Crippen LogP contribution in [-0.2, 0) is 4.57 Å². The molecule has 0 unspecified atom stereocenters. The van der Waals surface area contributed by atoms with Gasteiger partial charge in [-0.3, -0.25) is 10.1 Å². The molecule has 0 spiro atoms.